The van der Waals surface area contributed by atoms with E-state index in [2.05, 4.69) is 37.5 Å². The normalized spacial score (nSPS) is 16.9. The second-order valence-electron chi connectivity index (χ2n) is 5.32. The molecule has 1 saturated carbocycles. The summed E-state index contributed by atoms with van der Waals surface area (Å²) in [7, 11) is 0. The third kappa shape index (κ3) is 2.55. The molecule has 1 aliphatic carbocycles. The highest BCUT2D eigenvalue weighted by Gasteiger charge is 2.29. The number of amides is 2. The van der Waals surface area contributed by atoms with Crippen molar-refractivity contribution in [1.82, 2.24) is 10.2 Å². The number of urea groups is 1. The molecule has 1 N–H and O–H groups in total. The summed E-state index contributed by atoms with van der Waals surface area (Å²) in [4.78, 5) is 14.2. The molecule has 2 aliphatic rings. The van der Waals surface area contributed by atoms with Crippen LogP contribution in [0.15, 0.2) is 22.7 Å². The van der Waals surface area contributed by atoms with Gasteiger partial charge < -0.3 is 0 Å². The van der Waals surface area contributed by atoms with Gasteiger partial charge in [-0.1, -0.05) is 27.3 Å². The second kappa shape index (κ2) is 5.06. The van der Waals surface area contributed by atoms with E-state index in [0.29, 0.717) is 17.6 Å². The maximum absolute atomic E-state index is 12.4. The predicted molar refractivity (Wildman–Crippen MR) is 86.1 cm³/mol. The van der Waals surface area contributed by atoms with E-state index in [0.717, 1.165) is 21.6 Å². The lowest BCUT2D eigenvalue weighted by atomic mass is 10.2. The smallest absolute Gasteiger partial charge is 0.294 e. The molecular weight excluding hydrogens is 352 g/mol. The van der Waals surface area contributed by atoms with Gasteiger partial charge in [-0.05, 0) is 43.0 Å². The Balaban J connectivity index is 1.50. The third-order valence-electron chi connectivity index (χ3n) is 3.76. The molecule has 5 nitrogen and oxygen atoms in total. The van der Waals surface area contributed by atoms with Crippen molar-refractivity contribution in [3.63, 3.8) is 0 Å². The Kier molecular flexibility index (Phi) is 3.19. The van der Waals surface area contributed by atoms with Crippen molar-refractivity contribution in [3.05, 3.63) is 33.2 Å². The molecule has 4 rings (SSSR count). The van der Waals surface area contributed by atoms with E-state index in [4.69, 9.17) is 0 Å². The number of rotatable bonds is 2. The molecule has 0 atom stereocenters. The molecule has 1 aromatic heterocycles. The summed E-state index contributed by atoms with van der Waals surface area (Å²) < 4.78 is 1.04. The maximum Gasteiger partial charge on any atom is 0.328 e. The predicted octanol–water partition coefficient (Wildman–Crippen LogP) is 3.77. The van der Waals surface area contributed by atoms with Crippen molar-refractivity contribution in [3.8, 4) is 0 Å². The van der Waals surface area contributed by atoms with Gasteiger partial charge in [-0.25, -0.2) is 4.79 Å². The molecule has 7 heteroatoms. The topological polar surface area (TPSA) is 58.1 Å². The molecule has 1 fully saturated rings. The first-order chi connectivity index (χ1) is 10.2. The lowest BCUT2D eigenvalue weighted by Gasteiger charge is -2.16. The van der Waals surface area contributed by atoms with Crippen LogP contribution in [0, 0.1) is 0 Å². The van der Waals surface area contributed by atoms with Gasteiger partial charge in [0.05, 0.1) is 0 Å². The van der Waals surface area contributed by atoms with E-state index >= 15 is 0 Å². The zero-order valence-corrected chi connectivity index (χ0v) is 13.6. The van der Waals surface area contributed by atoms with Gasteiger partial charge in [-0.2, -0.15) is 0 Å². The van der Waals surface area contributed by atoms with Crippen molar-refractivity contribution in [2.24, 2.45) is 0 Å². The van der Waals surface area contributed by atoms with Crippen molar-refractivity contribution < 1.29 is 4.79 Å². The number of hydrogen-bond acceptors (Lipinski definition) is 4. The molecule has 1 aliphatic heterocycles. The summed E-state index contributed by atoms with van der Waals surface area (Å²) in [5.74, 6) is 0.568. The fraction of sp³-hybridized carbons (Fsp3) is 0.357. The van der Waals surface area contributed by atoms with Gasteiger partial charge in [0.1, 0.15) is 5.01 Å². The van der Waals surface area contributed by atoms with Crippen molar-refractivity contribution in [2.75, 3.05) is 16.8 Å². The van der Waals surface area contributed by atoms with E-state index in [1.165, 1.54) is 29.7 Å². The fourth-order valence-electron chi connectivity index (χ4n) is 2.52. The molecule has 21 heavy (non-hydrogen) atoms. The van der Waals surface area contributed by atoms with Crippen LogP contribution in [0.5, 0.6) is 0 Å². The number of benzene rings is 1. The molecule has 0 radical (unpaired) electrons. The van der Waals surface area contributed by atoms with E-state index < -0.39 is 0 Å². The highest BCUT2D eigenvalue weighted by Crippen LogP contribution is 2.42. The zero-order valence-electron chi connectivity index (χ0n) is 11.2. The van der Waals surface area contributed by atoms with Crippen molar-refractivity contribution >= 4 is 44.1 Å². The Morgan fingerprint density at radius 1 is 1.38 bits per heavy atom. The van der Waals surface area contributed by atoms with Crippen LogP contribution in [0.3, 0.4) is 0 Å². The minimum absolute atomic E-state index is 0.130. The van der Waals surface area contributed by atoms with Crippen LogP contribution in [-0.2, 0) is 6.42 Å². The fourth-order valence-corrected chi connectivity index (χ4v) is 3.83. The van der Waals surface area contributed by atoms with Crippen LogP contribution in [-0.4, -0.2) is 22.8 Å². The largest absolute Gasteiger partial charge is 0.328 e. The average Bonchev–Trinajstić information content (AvgIpc) is 3.06. The molecule has 108 valence electrons. The summed E-state index contributed by atoms with van der Waals surface area (Å²) in [6.07, 6.45) is 3.26. The Bertz CT molecular complexity index is 713. The number of carbonyl (C=O) groups excluding carboxylic acids is 1. The quantitative estimate of drug-likeness (QED) is 0.881. The first kappa shape index (κ1) is 13.2. The monoisotopic (exact) mass is 364 g/mol. The summed E-state index contributed by atoms with van der Waals surface area (Å²) in [5.41, 5.74) is 2.16. The van der Waals surface area contributed by atoms with Crippen molar-refractivity contribution in [1.29, 1.82) is 0 Å². The van der Waals surface area contributed by atoms with E-state index in [-0.39, 0.29) is 6.03 Å². The first-order valence-corrected chi connectivity index (χ1v) is 8.52. The van der Waals surface area contributed by atoms with Crippen LogP contribution >= 0.6 is 27.3 Å². The molecule has 0 spiro atoms. The van der Waals surface area contributed by atoms with Crippen LogP contribution in [0.1, 0.15) is 29.3 Å². The van der Waals surface area contributed by atoms with E-state index in [1.807, 2.05) is 12.1 Å². The van der Waals surface area contributed by atoms with E-state index in [9.17, 15) is 4.79 Å². The molecular formula is C14H13BrN4OS. The number of carbonyl (C=O) groups is 1. The van der Waals surface area contributed by atoms with Gasteiger partial charge in [-0.3, -0.25) is 10.2 Å². The molecule has 2 amide bonds. The summed E-state index contributed by atoms with van der Waals surface area (Å²) >= 11 is 4.95. The van der Waals surface area contributed by atoms with Gasteiger partial charge >= 0.3 is 6.03 Å². The number of halogens is 1. The van der Waals surface area contributed by atoms with Crippen LogP contribution in [0.4, 0.5) is 15.6 Å². The number of aromatic nitrogens is 2. The Labute approximate surface area is 134 Å². The minimum atomic E-state index is -0.130. The number of hydrogen-bond donors (Lipinski definition) is 1. The lowest BCUT2D eigenvalue weighted by molar-refractivity contribution is 0.257. The summed E-state index contributed by atoms with van der Waals surface area (Å²) in [6.45, 7) is 0.700. The van der Waals surface area contributed by atoms with Gasteiger partial charge in [0.25, 0.3) is 0 Å². The molecule has 0 unspecified atom stereocenters. The number of anilines is 2. The Morgan fingerprint density at radius 2 is 2.24 bits per heavy atom. The average molecular weight is 365 g/mol. The van der Waals surface area contributed by atoms with Gasteiger partial charge in [-0.15, -0.1) is 10.2 Å². The Hall–Kier alpha value is -1.47. The zero-order chi connectivity index (χ0) is 14.4. The van der Waals surface area contributed by atoms with Crippen LogP contribution < -0.4 is 10.2 Å². The van der Waals surface area contributed by atoms with Crippen LogP contribution in [0.25, 0.3) is 0 Å². The summed E-state index contributed by atoms with van der Waals surface area (Å²) in [6, 6.07) is 5.87. The maximum atomic E-state index is 12.4. The second-order valence-corrected chi connectivity index (χ2v) is 7.25. The Morgan fingerprint density at radius 3 is 3.05 bits per heavy atom. The molecule has 1 aromatic carbocycles. The third-order valence-corrected chi connectivity index (χ3v) is 5.26. The minimum Gasteiger partial charge on any atom is -0.294 e. The van der Waals surface area contributed by atoms with Gasteiger partial charge in [0.15, 0.2) is 0 Å². The lowest BCUT2D eigenvalue weighted by Crippen LogP contribution is -2.33. The number of nitrogens with one attached hydrogen (secondary N) is 1. The SMILES string of the molecule is O=C(Nc1nnc(C2CC2)s1)N1CCc2cc(Br)ccc21. The molecule has 2 heterocycles. The van der Waals surface area contributed by atoms with E-state index in [1.54, 1.807) is 4.90 Å². The van der Waals surface area contributed by atoms with Crippen LogP contribution in [0.2, 0.25) is 0 Å². The molecule has 0 bridgehead atoms. The number of fused-ring (bicyclic) bond motifs is 1. The standard InChI is InChI=1S/C14H13BrN4OS/c15-10-3-4-11-9(7-10)5-6-19(11)14(20)16-13-18-17-12(21-13)8-1-2-8/h3-4,7-8H,1-2,5-6H2,(H,16,18,20). The molecule has 2 aromatic rings. The molecule has 0 saturated heterocycles. The highest BCUT2D eigenvalue weighted by molar-refractivity contribution is 9.10. The van der Waals surface area contributed by atoms with Gasteiger partial charge in [0, 0.05) is 22.6 Å². The van der Waals surface area contributed by atoms with Crippen molar-refractivity contribution in [2.45, 2.75) is 25.2 Å². The first-order valence-electron chi connectivity index (χ1n) is 6.91. The van der Waals surface area contributed by atoms with Gasteiger partial charge in [0.2, 0.25) is 5.13 Å². The highest BCUT2D eigenvalue weighted by atomic mass is 79.9. The summed E-state index contributed by atoms with van der Waals surface area (Å²) in [5, 5.41) is 12.7. The number of nitrogens with zero attached hydrogens (tertiary/aromatic N) is 3.